The first-order valence-electron chi connectivity index (χ1n) is 12.1. The van der Waals surface area contributed by atoms with E-state index in [0.29, 0.717) is 23.7 Å². The summed E-state index contributed by atoms with van der Waals surface area (Å²) in [7, 11) is 0. The molecule has 186 valence electrons. The molecule has 6 rings (SSSR count). The van der Waals surface area contributed by atoms with Crippen molar-refractivity contribution in [2.24, 2.45) is 5.73 Å². The van der Waals surface area contributed by atoms with Crippen LogP contribution in [0.5, 0.6) is 5.75 Å². The Morgan fingerprint density at radius 2 is 1.58 bits per heavy atom. The van der Waals surface area contributed by atoms with Crippen molar-refractivity contribution in [1.29, 1.82) is 0 Å². The van der Waals surface area contributed by atoms with Gasteiger partial charge in [-0.25, -0.2) is 9.50 Å². The molecule has 2 heterocycles. The minimum Gasteiger partial charge on any atom is -0.508 e. The van der Waals surface area contributed by atoms with Crippen LogP contribution in [0.2, 0.25) is 0 Å². The van der Waals surface area contributed by atoms with Crippen molar-refractivity contribution >= 4 is 39.5 Å². The third-order valence-corrected chi connectivity index (χ3v) is 6.35. The lowest BCUT2D eigenvalue weighted by atomic mass is 10.0. The van der Waals surface area contributed by atoms with Crippen LogP contribution in [0.1, 0.15) is 15.9 Å². The summed E-state index contributed by atoms with van der Waals surface area (Å²) < 4.78 is 1.74. The molecule has 0 radical (unpaired) electrons. The van der Waals surface area contributed by atoms with Gasteiger partial charge in [-0.1, -0.05) is 30.3 Å². The number of carbonyl (C=O) groups is 1. The van der Waals surface area contributed by atoms with Gasteiger partial charge in [0, 0.05) is 29.0 Å². The Morgan fingerprint density at radius 1 is 0.842 bits per heavy atom. The van der Waals surface area contributed by atoms with Gasteiger partial charge in [0.15, 0.2) is 0 Å². The number of hydrogen-bond donors (Lipinski definition) is 4. The van der Waals surface area contributed by atoms with Crippen LogP contribution in [0.15, 0.2) is 103 Å². The minimum absolute atomic E-state index is 0.188. The van der Waals surface area contributed by atoms with Gasteiger partial charge in [0.25, 0.3) is 5.91 Å². The normalized spacial score (nSPS) is 11.1. The molecular weight excluding hydrogens is 476 g/mol. The van der Waals surface area contributed by atoms with E-state index in [2.05, 4.69) is 21.8 Å². The number of carbonyl (C=O) groups excluding carboxylic acids is 1. The van der Waals surface area contributed by atoms with Gasteiger partial charge in [-0.05, 0) is 83.1 Å². The second-order valence-corrected chi connectivity index (χ2v) is 8.94. The molecule has 8 heteroatoms. The zero-order chi connectivity index (χ0) is 26.1. The van der Waals surface area contributed by atoms with Crippen LogP contribution in [-0.4, -0.2) is 25.6 Å². The maximum Gasteiger partial charge on any atom is 0.255 e. The van der Waals surface area contributed by atoms with Crippen LogP contribution in [0.25, 0.3) is 27.5 Å². The third kappa shape index (κ3) is 4.63. The Morgan fingerprint density at radius 3 is 2.37 bits per heavy atom. The molecule has 38 heavy (non-hydrogen) atoms. The van der Waals surface area contributed by atoms with E-state index in [9.17, 15) is 9.90 Å². The van der Waals surface area contributed by atoms with Crippen molar-refractivity contribution in [3.8, 4) is 17.0 Å². The molecule has 8 nitrogen and oxygen atoms in total. The number of nitrogens with zero attached hydrogens (tertiary/aromatic N) is 3. The molecule has 0 aliphatic rings. The monoisotopic (exact) mass is 500 g/mol. The maximum atomic E-state index is 12.6. The molecule has 0 spiro atoms. The molecule has 1 amide bonds. The van der Waals surface area contributed by atoms with Gasteiger partial charge < -0.3 is 21.5 Å². The molecule has 0 bridgehead atoms. The number of fused-ring (bicyclic) bond motifs is 2. The summed E-state index contributed by atoms with van der Waals surface area (Å²) in [5, 5.41) is 22.4. The van der Waals surface area contributed by atoms with Gasteiger partial charge in [0.1, 0.15) is 5.75 Å². The van der Waals surface area contributed by atoms with E-state index in [4.69, 9.17) is 10.7 Å². The molecule has 2 aromatic heterocycles. The second-order valence-electron chi connectivity index (χ2n) is 8.94. The van der Waals surface area contributed by atoms with E-state index in [-0.39, 0.29) is 11.7 Å². The van der Waals surface area contributed by atoms with Crippen LogP contribution in [0.3, 0.4) is 0 Å². The smallest absolute Gasteiger partial charge is 0.255 e. The highest BCUT2D eigenvalue weighted by molar-refractivity contribution is 6.04. The lowest BCUT2D eigenvalue weighted by Gasteiger charge is -2.12. The Bertz CT molecular complexity index is 1780. The summed E-state index contributed by atoms with van der Waals surface area (Å²) in [6, 6.07) is 29.9. The first-order valence-corrected chi connectivity index (χ1v) is 12.1. The van der Waals surface area contributed by atoms with Crippen molar-refractivity contribution in [2.75, 3.05) is 10.6 Å². The zero-order valence-corrected chi connectivity index (χ0v) is 20.3. The van der Waals surface area contributed by atoms with E-state index in [0.717, 1.165) is 38.8 Å². The van der Waals surface area contributed by atoms with Crippen LogP contribution < -0.4 is 16.4 Å². The van der Waals surface area contributed by atoms with Gasteiger partial charge in [-0.15, -0.1) is 0 Å². The number of nitrogens with one attached hydrogen (secondary N) is 2. The van der Waals surface area contributed by atoms with Gasteiger partial charge in [-0.2, -0.15) is 5.10 Å². The fraction of sp³-hybridized carbons (Fsp3) is 0.0333. The molecule has 0 saturated heterocycles. The Kier molecular flexibility index (Phi) is 5.91. The second kappa shape index (κ2) is 9.68. The summed E-state index contributed by atoms with van der Waals surface area (Å²) in [5.74, 6) is 0.611. The molecule has 0 aliphatic carbocycles. The molecule has 4 aromatic carbocycles. The van der Waals surface area contributed by atoms with Gasteiger partial charge in [0.05, 0.1) is 17.4 Å². The topological polar surface area (TPSA) is 118 Å². The number of anilines is 3. The predicted molar refractivity (Wildman–Crippen MR) is 150 cm³/mol. The summed E-state index contributed by atoms with van der Waals surface area (Å²) in [6.07, 6.45) is 1.73. The lowest BCUT2D eigenvalue weighted by molar-refractivity contribution is 0.102. The van der Waals surface area contributed by atoms with Crippen LogP contribution >= 0.6 is 0 Å². The number of phenolic OH excluding ortho intramolecular Hbond substituents is 1. The van der Waals surface area contributed by atoms with Crippen LogP contribution in [0, 0.1) is 0 Å². The Balaban J connectivity index is 1.24. The van der Waals surface area contributed by atoms with Crippen LogP contribution in [-0.2, 0) is 6.54 Å². The molecule has 0 atom stereocenters. The summed E-state index contributed by atoms with van der Waals surface area (Å²) in [6.45, 7) is 0.437. The summed E-state index contributed by atoms with van der Waals surface area (Å²) in [5.41, 5.74) is 11.3. The quantitative estimate of drug-likeness (QED) is 0.233. The van der Waals surface area contributed by atoms with Crippen molar-refractivity contribution in [1.82, 2.24) is 14.6 Å². The van der Waals surface area contributed by atoms with E-state index >= 15 is 0 Å². The highest BCUT2D eigenvalue weighted by atomic mass is 16.3. The molecule has 0 unspecified atom stereocenters. The van der Waals surface area contributed by atoms with Gasteiger partial charge >= 0.3 is 0 Å². The fourth-order valence-electron chi connectivity index (χ4n) is 4.32. The molecule has 6 aromatic rings. The molecule has 0 fully saturated rings. The maximum absolute atomic E-state index is 12.6. The number of benzene rings is 4. The van der Waals surface area contributed by atoms with Crippen LogP contribution in [0.4, 0.5) is 17.3 Å². The van der Waals surface area contributed by atoms with E-state index in [1.807, 2.05) is 66.7 Å². The largest absolute Gasteiger partial charge is 0.508 e. The van der Waals surface area contributed by atoms with Crippen molar-refractivity contribution in [3.05, 3.63) is 114 Å². The molecule has 0 saturated carbocycles. The standard InChI is InChI=1S/C30H24N6O2/c31-18-19-1-3-20(4-2-19)29(38)33-24-8-10-25(11-9-24)34-30-35-28(17-26-13-14-32-36(26)30)23-6-5-22-16-27(37)12-7-21(22)15-23/h1-17,37H,18,31H2,(H,33,38)(H,34,35). The Hall–Kier alpha value is -5.21. The van der Waals surface area contributed by atoms with Gasteiger partial charge in [0.2, 0.25) is 5.95 Å². The average molecular weight is 501 g/mol. The molecule has 5 N–H and O–H groups in total. The fourth-order valence-corrected chi connectivity index (χ4v) is 4.32. The predicted octanol–water partition coefficient (Wildman–Crippen LogP) is 5.71. The molecular formula is C30H24N6O2. The first kappa shape index (κ1) is 23.2. The SMILES string of the molecule is NCc1ccc(C(=O)Nc2ccc(Nc3nc(-c4ccc5cc(O)ccc5c4)cc4ccnn34)cc2)cc1. The lowest BCUT2D eigenvalue weighted by Crippen LogP contribution is -2.12. The number of aromatic nitrogens is 3. The van der Waals surface area contributed by atoms with E-state index < -0.39 is 0 Å². The zero-order valence-electron chi connectivity index (χ0n) is 20.3. The van der Waals surface area contributed by atoms with Crippen molar-refractivity contribution in [3.63, 3.8) is 0 Å². The number of amides is 1. The van der Waals surface area contributed by atoms with Gasteiger partial charge in [-0.3, -0.25) is 4.79 Å². The number of nitrogens with two attached hydrogens (primary N) is 1. The third-order valence-electron chi connectivity index (χ3n) is 6.35. The number of rotatable bonds is 6. The number of hydrogen-bond acceptors (Lipinski definition) is 6. The molecule has 0 aliphatic heterocycles. The highest BCUT2D eigenvalue weighted by Gasteiger charge is 2.11. The van der Waals surface area contributed by atoms with E-state index in [1.54, 1.807) is 35.0 Å². The first-order chi connectivity index (χ1) is 18.6. The van der Waals surface area contributed by atoms with Crippen molar-refractivity contribution < 1.29 is 9.90 Å². The number of aromatic hydroxyl groups is 1. The summed E-state index contributed by atoms with van der Waals surface area (Å²) in [4.78, 5) is 17.4. The summed E-state index contributed by atoms with van der Waals surface area (Å²) >= 11 is 0. The average Bonchev–Trinajstić information content (AvgIpc) is 3.43. The minimum atomic E-state index is -0.188. The van der Waals surface area contributed by atoms with E-state index in [1.165, 1.54) is 0 Å². The van der Waals surface area contributed by atoms with Crippen molar-refractivity contribution in [2.45, 2.75) is 6.54 Å². The highest BCUT2D eigenvalue weighted by Crippen LogP contribution is 2.28. The number of phenols is 1. The Labute approximate surface area is 218 Å².